The summed E-state index contributed by atoms with van der Waals surface area (Å²) in [6, 6.07) is 14.7. The van der Waals surface area contributed by atoms with Crippen LogP contribution < -0.4 is 10.6 Å². The molecule has 4 aromatic rings. The van der Waals surface area contributed by atoms with Crippen LogP contribution in [0.1, 0.15) is 20.7 Å². The Hall–Kier alpha value is -3.10. The number of hydrogen-bond acceptors (Lipinski definition) is 6. The Labute approximate surface area is 169 Å². The lowest BCUT2D eigenvalue weighted by Gasteiger charge is -2.01. The van der Waals surface area contributed by atoms with E-state index in [2.05, 4.69) is 10.6 Å². The fourth-order valence-electron chi connectivity index (χ4n) is 2.71. The van der Waals surface area contributed by atoms with Crippen LogP contribution in [0.25, 0.3) is 30.8 Å². The summed E-state index contributed by atoms with van der Waals surface area (Å²) in [6.45, 7) is 0. The molecule has 8 heteroatoms. The number of fused-ring (bicyclic) bond motifs is 1. The zero-order valence-corrected chi connectivity index (χ0v) is 16.8. The highest BCUT2D eigenvalue weighted by atomic mass is 32.1. The molecule has 0 atom stereocenters. The molecule has 0 radical (unpaired) electrons. The predicted octanol–water partition coefficient (Wildman–Crippen LogP) is 3.81. The third-order valence-corrected chi connectivity index (χ3v) is 6.34. The van der Waals surface area contributed by atoms with E-state index < -0.39 is 0 Å². The maximum Gasteiger partial charge on any atom is 0.251 e. The van der Waals surface area contributed by atoms with Crippen molar-refractivity contribution in [2.45, 2.75) is 0 Å². The topological polar surface area (TPSA) is 84.0 Å². The standard InChI is InChI=1S/C20H16N4O2S2/c1-21-15(25)11-3-7-13(8-4-11)17-23-19-20(27-17)24-18(28-19)14-9-5-12(6-10-14)16(26)22-2/h3-10H,1-2H3,(H,21,25)(H,22,26). The fraction of sp³-hybridized carbons (Fsp3) is 0.100. The van der Waals surface area contributed by atoms with Gasteiger partial charge >= 0.3 is 0 Å². The summed E-state index contributed by atoms with van der Waals surface area (Å²) in [4.78, 5) is 34.4. The highest BCUT2D eigenvalue weighted by Crippen LogP contribution is 2.36. The molecule has 2 N–H and O–H groups in total. The molecule has 0 aliphatic carbocycles. The molecule has 2 heterocycles. The van der Waals surface area contributed by atoms with Crippen LogP contribution in [0.5, 0.6) is 0 Å². The number of hydrogen-bond donors (Lipinski definition) is 2. The van der Waals surface area contributed by atoms with Crippen molar-refractivity contribution in [1.82, 2.24) is 20.6 Å². The number of benzene rings is 2. The number of carbonyl (C=O) groups excluding carboxylic acids is 2. The Kier molecular flexibility index (Phi) is 4.89. The van der Waals surface area contributed by atoms with E-state index in [1.165, 1.54) is 22.7 Å². The van der Waals surface area contributed by atoms with Crippen LogP contribution in [-0.4, -0.2) is 35.9 Å². The average Bonchev–Trinajstić information content (AvgIpc) is 3.32. The van der Waals surface area contributed by atoms with Gasteiger partial charge in [-0.15, -0.1) is 0 Å². The molecule has 2 amide bonds. The first-order valence-electron chi connectivity index (χ1n) is 8.51. The first-order valence-corrected chi connectivity index (χ1v) is 10.1. The molecule has 2 aromatic heterocycles. The second-order valence-electron chi connectivity index (χ2n) is 5.96. The maximum absolute atomic E-state index is 11.7. The zero-order valence-electron chi connectivity index (χ0n) is 15.1. The van der Waals surface area contributed by atoms with Crippen LogP contribution in [-0.2, 0) is 0 Å². The van der Waals surface area contributed by atoms with Crippen molar-refractivity contribution >= 4 is 44.1 Å². The van der Waals surface area contributed by atoms with Gasteiger partial charge in [0.1, 0.15) is 10.0 Å². The van der Waals surface area contributed by atoms with E-state index >= 15 is 0 Å². The minimum atomic E-state index is -0.111. The molecule has 0 aliphatic rings. The molecule has 0 saturated carbocycles. The molecule has 0 spiro atoms. The summed E-state index contributed by atoms with van der Waals surface area (Å²) >= 11 is 3.04. The predicted molar refractivity (Wildman–Crippen MR) is 113 cm³/mol. The number of amides is 2. The van der Waals surface area contributed by atoms with Crippen molar-refractivity contribution in [3.8, 4) is 21.1 Å². The molecule has 0 saturated heterocycles. The number of carbonyl (C=O) groups is 2. The van der Waals surface area contributed by atoms with Crippen LogP contribution in [0, 0.1) is 0 Å². The molecule has 0 bridgehead atoms. The fourth-order valence-corrected chi connectivity index (χ4v) is 4.76. The van der Waals surface area contributed by atoms with Crippen molar-refractivity contribution in [1.29, 1.82) is 0 Å². The molecular weight excluding hydrogens is 392 g/mol. The van der Waals surface area contributed by atoms with E-state index in [-0.39, 0.29) is 11.8 Å². The molecule has 4 rings (SSSR count). The molecule has 0 fully saturated rings. The van der Waals surface area contributed by atoms with Crippen molar-refractivity contribution in [2.75, 3.05) is 14.1 Å². The van der Waals surface area contributed by atoms with Gasteiger partial charge < -0.3 is 10.6 Å². The van der Waals surface area contributed by atoms with Crippen molar-refractivity contribution in [3.63, 3.8) is 0 Å². The van der Waals surface area contributed by atoms with E-state index in [9.17, 15) is 9.59 Å². The third kappa shape index (κ3) is 3.39. The SMILES string of the molecule is CNC(=O)c1ccc(-c2nc3sc(-c4ccc(C(=O)NC)cc4)nc3s2)cc1. The van der Waals surface area contributed by atoms with Crippen molar-refractivity contribution < 1.29 is 9.59 Å². The number of thiazole rings is 2. The largest absolute Gasteiger partial charge is 0.355 e. The van der Waals surface area contributed by atoms with Crippen molar-refractivity contribution in [2.24, 2.45) is 0 Å². The maximum atomic E-state index is 11.7. The highest BCUT2D eigenvalue weighted by Gasteiger charge is 2.14. The summed E-state index contributed by atoms with van der Waals surface area (Å²) in [7, 11) is 3.22. The Morgan fingerprint density at radius 2 is 1.04 bits per heavy atom. The minimum absolute atomic E-state index is 0.111. The Balaban J connectivity index is 1.60. The highest BCUT2D eigenvalue weighted by molar-refractivity contribution is 7.29. The van der Waals surface area contributed by atoms with Gasteiger partial charge in [0.2, 0.25) is 0 Å². The Morgan fingerprint density at radius 3 is 1.36 bits per heavy atom. The van der Waals surface area contributed by atoms with E-state index in [1.54, 1.807) is 38.4 Å². The smallest absolute Gasteiger partial charge is 0.251 e. The van der Waals surface area contributed by atoms with Crippen LogP contribution in [0.4, 0.5) is 0 Å². The van der Waals surface area contributed by atoms with Crippen LogP contribution in [0.2, 0.25) is 0 Å². The summed E-state index contributed by atoms with van der Waals surface area (Å²) in [6.07, 6.45) is 0. The monoisotopic (exact) mass is 408 g/mol. The normalized spacial score (nSPS) is 10.8. The zero-order chi connectivity index (χ0) is 19.7. The molecule has 28 heavy (non-hydrogen) atoms. The third-order valence-electron chi connectivity index (χ3n) is 4.22. The summed E-state index contributed by atoms with van der Waals surface area (Å²) < 4.78 is 0. The van der Waals surface area contributed by atoms with Crippen LogP contribution >= 0.6 is 22.7 Å². The number of nitrogens with one attached hydrogen (secondary N) is 2. The summed E-state index contributed by atoms with van der Waals surface area (Å²) in [5, 5.41) is 6.97. The molecular formula is C20H16N4O2S2. The molecule has 0 unspecified atom stereocenters. The van der Waals surface area contributed by atoms with E-state index in [4.69, 9.17) is 9.97 Å². The first-order chi connectivity index (χ1) is 13.6. The first kappa shape index (κ1) is 18.3. The van der Waals surface area contributed by atoms with Crippen molar-refractivity contribution in [3.05, 3.63) is 59.7 Å². The molecule has 6 nitrogen and oxygen atoms in total. The summed E-state index contributed by atoms with van der Waals surface area (Å²) in [5.41, 5.74) is 3.15. The lowest BCUT2D eigenvalue weighted by atomic mass is 10.1. The Morgan fingerprint density at radius 1 is 0.679 bits per heavy atom. The molecule has 0 aliphatic heterocycles. The second kappa shape index (κ2) is 7.49. The average molecular weight is 409 g/mol. The van der Waals surface area contributed by atoms with E-state index in [1.807, 2.05) is 24.3 Å². The van der Waals surface area contributed by atoms with Gasteiger partial charge in [0.25, 0.3) is 11.8 Å². The van der Waals surface area contributed by atoms with Gasteiger partial charge in [-0.25, -0.2) is 9.97 Å². The van der Waals surface area contributed by atoms with Gasteiger partial charge in [0, 0.05) is 36.3 Å². The van der Waals surface area contributed by atoms with Gasteiger partial charge in [-0.3, -0.25) is 9.59 Å². The Bertz CT molecular complexity index is 1040. The number of nitrogens with zero attached hydrogens (tertiary/aromatic N) is 2. The molecule has 2 aromatic carbocycles. The number of aromatic nitrogens is 2. The number of rotatable bonds is 4. The lowest BCUT2D eigenvalue weighted by molar-refractivity contribution is 0.0955. The minimum Gasteiger partial charge on any atom is -0.355 e. The van der Waals surface area contributed by atoms with E-state index in [0.29, 0.717) is 11.1 Å². The van der Waals surface area contributed by atoms with Gasteiger partial charge in [0.15, 0.2) is 9.66 Å². The lowest BCUT2D eigenvalue weighted by Crippen LogP contribution is -2.17. The molecule has 140 valence electrons. The quantitative estimate of drug-likeness (QED) is 0.538. The summed E-state index contributed by atoms with van der Waals surface area (Å²) in [5.74, 6) is -0.221. The van der Waals surface area contributed by atoms with Gasteiger partial charge in [-0.05, 0) is 24.3 Å². The van der Waals surface area contributed by atoms with Gasteiger partial charge in [0.05, 0.1) is 0 Å². The van der Waals surface area contributed by atoms with E-state index in [0.717, 1.165) is 30.8 Å². The van der Waals surface area contributed by atoms with Gasteiger partial charge in [-0.1, -0.05) is 46.9 Å². The van der Waals surface area contributed by atoms with Gasteiger partial charge in [-0.2, -0.15) is 0 Å². The van der Waals surface area contributed by atoms with Crippen LogP contribution in [0.15, 0.2) is 48.5 Å². The van der Waals surface area contributed by atoms with Crippen LogP contribution in [0.3, 0.4) is 0 Å². The second-order valence-corrected chi connectivity index (χ2v) is 7.92.